The normalized spacial score (nSPS) is 29.6. The molecule has 14 heavy (non-hydrogen) atoms. The van der Waals surface area contributed by atoms with Crippen molar-refractivity contribution in [3.8, 4) is 0 Å². The number of aliphatic hydroxyl groups is 1. The Hall–Kier alpha value is -0.860. The second-order valence-corrected chi connectivity index (χ2v) is 4.09. The van der Waals surface area contributed by atoms with Gasteiger partial charge >= 0.3 is 0 Å². The van der Waals surface area contributed by atoms with Crippen LogP contribution in [0.25, 0.3) is 0 Å². The molecule has 0 aliphatic carbocycles. The molecule has 1 fully saturated rings. The van der Waals surface area contributed by atoms with E-state index in [0.29, 0.717) is 12.1 Å². The number of rotatable bonds is 3. The van der Waals surface area contributed by atoms with Crippen LogP contribution in [0.5, 0.6) is 0 Å². The molecule has 1 N–H and O–H groups in total. The summed E-state index contributed by atoms with van der Waals surface area (Å²) in [7, 11) is 0. The first kappa shape index (κ1) is 9.69. The van der Waals surface area contributed by atoms with Gasteiger partial charge in [-0.15, -0.1) is 0 Å². The average molecular weight is 191 g/mol. The lowest BCUT2D eigenvalue weighted by Crippen LogP contribution is -2.17. The zero-order valence-corrected chi connectivity index (χ0v) is 8.72. The van der Waals surface area contributed by atoms with Crippen LogP contribution >= 0.6 is 0 Å². The van der Waals surface area contributed by atoms with Crippen molar-refractivity contribution in [2.24, 2.45) is 0 Å². The molecule has 1 aromatic carbocycles. The summed E-state index contributed by atoms with van der Waals surface area (Å²) in [5.41, 5.74) is 1.33. The molecule has 0 spiro atoms. The maximum atomic E-state index is 9.42. The monoisotopic (exact) mass is 191 g/mol. The lowest BCUT2D eigenvalue weighted by Gasteiger charge is -2.15. The molecule has 1 saturated heterocycles. The third-order valence-electron chi connectivity index (χ3n) is 3.03. The highest BCUT2D eigenvalue weighted by atomic mass is 16.3. The highest BCUT2D eigenvalue weighted by Gasteiger charge is 2.41. The zero-order chi connectivity index (χ0) is 10.1. The van der Waals surface area contributed by atoms with Crippen LogP contribution in [0.1, 0.15) is 25.5 Å². The van der Waals surface area contributed by atoms with Crippen LogP contribution in [-0.2, 0) is 0 Å². The van der Waals surface area contributed by atoms with Gasteiger partial charge in [0.05, 0.1) is 6.10 Å². The summed E-state index contributed by atoms with van der Waals surface area (Å²) < 4.78 is 0. The zero-order valence-electron chi connectivity index (χ0n) is 8.72. The Labute approximate surface area is 85.2 Å². The van der Waals surface area contributed by atoms with Gasteiger partial charge in [0, 0.05) is 18.6 Å². The Morgan fingerprint density at radius 3 is 2.43 bits per heavy atom. The highest BCUT2D eigenvalue weighted by Crippen LogP contribution is 2.33. The summed E-state index contributed by atoms with van der Waals surface area (Å²) in [6, 6.07) is 11.2. The molecule has 2 nitrogen and oxygen atoms in total. The van der Waals surface area contributed by atoms with Crippen LogP contribution in [0.3, 0.4) is 0 Å². The summed E-state index contributed by atoms with van der Waals surface area (Å²) in [5, 5.41) is 9.42. The molecule has 0 radical (unpaired) electrons. The lowest BCUT2D eigenvalue weighted by atomic mass is 10.1. The maximum Gasteiger partial charge on any atom is 0.0680 e. The first-order valence-electron chi connectivity index (χ1n) is 5.19. The van der Waals surface area contributed by atoms with Crippen molar-refractivity contribution in [1.82, 2.24) is 4.90 Å². The predicted octanol–water partition coefficient (Wildman–Crippen LogP) is 1.81. The molecular weight excluding hydrogens is 174 g/mol. The van der Waals surface area contributed by atoms with E-state index in [2.05, 4.69) is 36.1 Å². The van der Waals surface area contributed by atoms with Gasteiger partial charge in [-0.05, 0) is 19.4 Å². The van der Waals surface area contributed by atoms with E-state index < -0.39 is 0 Å². The van der Waals surface area contributed by atoms with Crippen molar-refractivity contribution < 1.29 is 5.11 Å². The minimum Gasteiger partial charge on any atom is -0.392 e. The fraction of sp³-hybridized carbons (Fsp3) is 0.500. The summed E-state index contributed by atoms with van der Waals surface area (Å²) in [5.74, 6) is 0. The van der Waals surface area contributed by atoms with Gasteiger partial charge < -0.3 is 5.11 Å². The van der Waals surface area contributed by atoms with E-state index in [9.17, 15) is 5.11 Å². The van der Waals surface area contributed by atoms with Crippen LogP contribution in [0.4, 0.5) is 0 Å². The Morgan fingerprint density at radius 2 is 1.93 bits per heavy atom. The van der Waals surface area contributed by atoms with Crippen LogP contribution in [0.15, 0.2) is 30.3 Å². The smallest absolute Gasteiger partial charge is 0.0680 e. The number of hydrogen-bond acceptors (Lipinski definition) is 2. The molecule has 2 rings (SSSR count). The van der Waals surface area contributed by atoms with Gasteiger partial charge in [0.25, 0.3) is 0 Å². The van der Waals surface area contributed by atoms with Crippen molar-refractivity contribution in [1.29, 1.82) is 0 Å². The molecule has 2 heteroatoms. The lowest BCUT2D eigenvalue weighted by molar-refractivity contribution is 0.167. The van der Waals surface area contributed by atoms with Crippen LogP contribution < -0.4 is 0 Å². The third kappa shape index (κ3) is 1.81. The van der Waals surface area contributed by atoms with Crippen molar-refractivity contribution in [2.75, 3.05) is 6.54 Å². The fourth-order valence-corrected chi connectivity index (χ4v) is 1.97. The number of nitrogens with zero attached hydrogens (tertiary/aromatic N) is 1. The minimum absolute atomic E-state index is 0.207. The highest BCUT2D eigenvalue weighted by molar-refractivity contribution is 5.20. The molecule has 0 saturated carbocycles. The van der Waals surface area contributed by atoms with Crippen LogP contribution in [0.2, 0.25) is 0 Å². The van der Waals surface area contributed by atoms with Crippen LogP contribution in [-0.4, -0.2) is 28.7 Å². The number of hydrogen-bond donors (Lipinski definition) is 1. The van der Waals surface area contributed by atoms with E-state index in [1.807, 2.05) is 13.0 Å². The molecular formula is C12H17NO. The van der Waals surface area contributed by atoms with E-state index in [4.69, 9.17) is 0 Å². The van der Waals surface area contributed by atoms with Gasteiger partial charge in [0.2, 0.25) is 0 Å². The quantitative estimate of drug-likeness (QED) is 0.736. The summed E-state index contributed by atoms with van der Waals surface area (Å²) >= 11 is 0. The van der Waals surface area contributed by atoms with Gasteiger partial charge in [-0.25, -0.2) is 0 Å². The van der Waals surface area contributed by atoms with E-state index in [1.165, 1.54) is 5.56 Å². The van der Waals surface area contributed by atoms with Crippen molar-refractivity contribution in [3.63, 3.8) is 0 Å². The molecule has 1 heterocycles. The Balaban J connectivity index is 2.01. The Morgan fingerprint density at radius 1 is 1.29 bits per heavy atom. The first-order valence-corrected chi connectivity index (χ1v) is 5.19. The average Bonchev–Trinajstić information content (AvgIpc) is 2.97. The molecule has 1 aromatic rings. The molecule has 1 unspecified atom stereocenters. The first-order chi connectivity index (χ1) is 6.70. The minimum atomic E-state index is -0.207. The summed E-state index contributed by atoms with van der Waals surface area (Å²) in [4.78, 5) is 2.32. The van der Waals surface area contributed by atoms with E-state index in [1.54, 1.807) is 0 Å². The summed E-state index contributed by atoms with van der Waals surface area (Å²) in [6.45, 7) is 5.08. The molecule has 0 bridgehead atoms. The van der Waals surface area contributed by atoms with Gasteiger partial charge in [-0.2, -0.15) is 0 Å². The fourth-order valence-electron chi connectivity index (χ4n) is 1.97. The van der Waals surface area contributed by atoms with Gasteiger partial charge in [-0.1, -0.05) is 30.3 Å². The topological polar surface area (TPSA) is 23.2 Å². The van der Waals surface area contributed by atoms with Crippen molar-refractivity contribution in [3.05, 3.63) is 35.9 Å². The van der Waals surface area contributed by atoms with Gasteiger partial charge in [0.1, 0.15) is 0 Å². The van der Waals surface area contributed by atoms with E-state index in [-0.39, 0.29) is 6.10 Å². The van der Waals surface area contributed by atoms with E-state index in [0.717, 1.165) is 6.54 Å². The van der Waals surface area contributed by atoms with E-state index >= 15 is 0 Å². The predicted molar refractivity (Wildman–Crippen MR) is 57.0 cm³/mol. The molecule has 1 aliphatic rings. The Bertz CT molecular complexity index is 296. The van der Waals surface area contributed by atoms with Gasteiger partial charge in [0.15, 0.2) is 0 Å². The number of benzene rings is 1. The molecule has 1 aliphatic heterocycles. The molecule has 0 amide bonds. The molecule has 4 atom stereocenters. The summed E-state index contributed by atoms with van der Waals surface area (Å²) in [6.07, 6.45) is -0.207. The maximum absolute atomic E-state index is 9.42. The standard InChI is InChI=1S/C12H17NO/c1-9(11-6-4-3-5-7-11)13-8-12(13)10(2)14/h3-7,9-10,12,14H,8H2,1-2H3/t9-,10-,12+,13?/m1/s1. The molecule has 0 aromatic heterocycles. The SMILES string of the molecule is C[C@H](c1ccccc1)N1C[C@H]1[C@@H](C)O. The third-order valence-corrected chi connectivity index (χ3v) is 3.03. The van der Waals surface area contributed by atoms with Gasteiger partial charge in [-0.3, -0.25) is 4.90 Å². The largest absolute Gasteiger partial charge is 0.392 e. The van der Waals surface area contributed by atoms with Crippen molar-refractivity contribution in [2.45, 2.75) is 32.0 Å². The molecule has 76 valence electrons. The second-order valence-electron chi connectivity index (χ2n) is 4.09. The van der Waals surface area contributed by atoms with Crippen molar-refractivity contribution >= 4 is 0 Å². The van der Waals surface area contributed by atoms with Crippen LogP contribution in [0, 0.1) is 0 Å². The second kappa shape index (κ2) is 3.71. The Kier molecular flexibility index (Phi) is 2.57. The number of aliphatic hydroxyl groups excluding tert-OH is 1.